The molecule has 0 amide bonds. The van der Waals surface area contributed by atoms with E-state index in [4.69, 9.17) is 11.6 Å². The van der Waals surface area contributed by atoms with Crippen LogP contribution in [0.5, 0.6) is 0 Å². The fourth-order valence-electron chi connectivity index (χ4n) is 3.56. The number of aldehydes is 1. The van der Waals surface area contributed by atoms with Crippen LogP contribution in [-0.2, 0) is 4.79 Å². The van der Waals surface area contributed by atoms with Gasteiger partial charge in [0.05, 0.1) is 0 Å². The molecule has 4 atom stereocenters. The van der Waals surface area contributed by atoms with Crippen LogP contribution in [0.25, 0.3) is 0 Å². The van der Waals surface area contributed by atoms with Crippen LogP contribution in [0, 0.1) is 23.2 Å². The van der Waals surface area contributed by atoms with Crippen LogP contribution in [0.15, 0.2) is 12.2 Å². The molecule has 14 heavy (non-hydrogen) atoms. The summed E-state index contributed by atoms with van der Waals surface area (Å²) in [7, 11) is 0. The van der Waals surface area contributed by atoms with Gasteiger partial charge in [-0.15, -0.1) is 11.6 Å². The Balaban J connectivity index is 2.23. The van der Waals surface area contributed by atoms with E-state index < -0.39 is 0 Å². The van der Waals surface area contributed by atoms with Crippen molar-refractivity contribution in [2.24, 2.45) is 23.2 Å². The van der Waals surface area contributed by atoms with Crippen molar-refractivity contribution in [2.75, 3.05) is 5.88 Å². The molecule has 2 fully saturated rings. The molecule has 1 nitrogen and oxygen atoms in total. The molecule has 0 unspecified atom stereocenters. The molecule has 2 bridgehead atoms. The molecule has 0 aromatic heterocycles. The minimum absolute atomic E-state index is 0.186. The summed E-state index contributed by atoms with van der Waals surface area (Å²) in [6.45, 7) is 2.27. The second kappa shape index (κ2) is 3.69. The van der Waals surface area contributed by atoms with Gasteiger partial charge in [-0.05, 0) is 48.5 Å². The van der Waals surface area contributed by atoms with Gasteiger partial charge in [0.25, 0.3) is 0 Å². The average molecular weight is 213 g/mol. The Morgan fingerprint density at radius 3 is 2.93 bits per heavy atom. The number of fused-ring (bicyclic) bond motifs is 2. The van der Waals surface area contributed by atoms with E-state index in [1.807, 2.05) is 0 Å². The lowest BCUT2D eigenvalue weighted by Gasteiger charge is -2.38. The molecule has 2 heteroatoms. The van der Waals surface area contributed by atoms with Crippen LogP contribution < -0.4 is 0 Å². The molecule has 0 aromatic rings. The molecule has 0 N–H and O–H groups in total. The number of carbonyl (C=O) groups excluding carboxylic acids is 1. The number of hydrogen-bond donors (Lipinski definition) is 0. The van der Waals surface area contributed by atoms with E-state index in [0.717, 1.165) is 24.0 Å². The Morgan fingerprint density at radius 1 is 1.50 bits per heavy atom. The summed E-state index contributed by atoms with van der Waals surface area (Å²) in [5.74, 6) is 2.88. The lowest BCUT2D eigenvalue weighted by Crippen LogP contribution is -2.32. The van der Waals surface area contributed by atoms with Crippen LogP contribution in [0.3, 0.4) is 0 Å². The van der Waals surface area contributed by atoms with Crippen molar-refractivity contribution in [3.8, 4) is 0 Å². The molecular formula is C12H17ClO. The minimum atomic E-state index is 0.186. The number of halogens is 1. The smallest absolute Gasteiger partial charge is 0.142 e. The zero-order valence-corrected chi connectivity index (χ0v) is 9.33. The van der Waals surface area contributed by atoms with E-state index in [9.17, 15) is 4.79 Å². The molecule has 0 heterocycles. The van der Waals surface area contributed by atoms with Crippen LogP contribution >= 0.6 is 11.6 Å². The van der Waals surface area contributed by atoms with E-state index in [1.165, 1.54) is 19.3 Å². The summed E-state index contributed by atoms with van der Waals surface area (Å²) >= 11 is 6.04. The van der Waals surface area contributed by atoms with Gasteiger partial charge in [0.2, 0.25) is 0 Å². The second-order valence-corrected chi connectivity index (χ2v) is 5.20. The fourth-order valence-corrected chi connectivity index (χ4v) is 4.14. The maximum atomic E-state index is 10.4. The number of rotatable bonds is 3. The number of alkyl halides is 1. The van der Waals surface area contributed by atoms with Crippen molar-refractivity contribution in [3.63, 3.8) is 0 Å². The first-order valence-corrected chi connectivity index (χ1v) is 5.94. The van der Waals surface area contributed by atoms with Gasteiger partial charge >= 0.3 is 0 Å². The quantitative estimate of drug-likeness (QED) is 0.399. The third kappa shape index (κ3) is 1.33. The Labute approximate surface area is 90.5 Å². The van der Waals surface area contributed by atoms with E-state index in [-0.39, 0.29) is 5.41 Å². The van der Waals surface area contributed by atoms with Gasteiger partial charge in [-0.2, -0.15) is 0 Å². The van der Waals surface area contributed by atoms with Gasteiger partial charge < -0.3 is 0 Å². The first kappa shape index (κ1) is 10.2. The van der Waals surface area contributed by atoms with Crippen molar-refractivity contribution in [3.05, 3.63) is 12.2 Å². The third-order valence-electron chi connectivity index (χ3n) is 4.42. The summed E-state index contributed by atoms with van der Waals surface area (Å²) in [5.41, 5.74) is 0.186. The molecule has 0 aliphatic heterocycles. The Morgan fingerprint density at radius 2 is 2.29 bits per heavy atom. The second-order valence-electron chi connectivity index (χ2n) is 4.89. The maximum Gasteiger partial charge on any atom is 0.142 e. The highest BCUT2D eigenvalue weighted by Crippen LogP contribution is 2.60. The summed E-state index contributed by atoms with van der Waals surface area (Å²) < 4.78 is 0. The van der Waals surface area contributed by atoms with Crippen LogP contribution in [0.4, 0.5) is 0 Å². The largest absolute Gasteiger partial charge is 0.299 e. The SMILES string of the molecule is C[C@@]1(/C=C/C=O)[C@H]2CC[C@H](C2)[C@H]1CCl. The Bertz CT molecular complexity index is 261. The van der Waals surface area contributed by atoms with Gasteiger partial charge in [-0.3, -0.25) is 4.79 Å². The highest BCUT2D eigenvalue weighted by Gasteiger charge is 2.53. The topological polar surface area (TPSA) is 17.1 Å². The Kier molecular flexibility index (Phi) is 2.70. The molecule has 2 aliphatic carbocycles. The molecule has 0 aromatic carbocycles. The number of hydrogen-bond acceptors (Lipinski definition) is 1. The first-order chi connectivity index (χ1) is 6.72. The first-order valence-electron chi connectivity index (χ1n) is 5.41. The van der Waals surface area contributed by atoms with E-state index in [2.05, 4.69) is 13.0 Å². The van der Waals surface area contributed by atoms with Gasteiger partial charge in [-0.25, -0.2) is 0 Å². The van der Waals surface area contributed by atoms with E-state index in [0.29, 0.717) is 5.92 Å². The van der Waals surface area contributed by atoms with Crippen molar-refractivity contribution >= 4 is 17.9 Å². The average Bonchev–Trinajstić information content (AvgIpc) is 2.74. The zero-order valence-electron chi connectivity index (χ0n) is 8.58. The normalized spacial score (nSPS) is 46.3. The van der Waals surface area contributed by atoms with Crippen LogP contribution in [0.1, 0.15) is 26.2 Å². The summed E-state index contributed by atoms with van der Waals surface area (Å²) in [4.78, 5) is 10.4. The zero-order chi connectivity index (χ0) is 10.2. The van der Waals surface area contributed by atoms with Crippen molar-refractivity contribution < 1.29 is 4.79 Å². The third-order valence-corrected chi connectivity index (χ3v) is 4.75. The van der Waals surface area contributed by atoms with Gasteiger partial charge in [0, 0.05) is 5.88 Å². The molecule has 78 valence electrons. The van der Waals surface area contributed by atoms with E-state index >= 15 is 0 Å². The molecule has 2 aliphatic rings. The van der Waals surface area contributed by atoms with Crippen molar-refractivity contribution in [1.82, 2.24) is 0 Å². The van der Waals surface area contributed by atoms with Gasteiger partial charge in [0.15, 0.2) is 0 Å². The molecule has 0 radical (unpaired) electrons. The minimum Gasteiger partial charge on any atom is -0.299 e. The molecule has 2 saturated carbocycles. The Hall–Kier alpha value is -0.300. The lowest BCUT2D eigenvalue weighted by molar-refractivity contribution is -0.104. The summed E-state index contributed by atoms with van der Waals surface area (Å²) in [5, 5.41) is 0. The maximum absolute atomic E-state index is 10.4. The fraction of sp³-hybridized carbons (Fsp3) is 0.750. The monoisotopic (exact) mass is 212 g/mol. The molecule has 2 rings (SSSR count). The van der Waals surface area contributed by atoms with Gasteiger partial charge in [-0.1, -0.05) is 13.0 Å². The number of allylic oxidation sites excluding steroid dienone is 2. The predicted molar refractivity (Wildman–Crippen MR) is 58.4 cm³/mol. The highest BCUT2D eigenvalue weighted by atomic mass is 35.5. The van der Waals surface area contributed by atoms with Crippen LogP contribution in [-0.4, -0.2) is 12.2 Å². The highest BCUT2D eigenvalue weighted by molar-refractivity contribution is 6.18. The van der Waals surface area contributed by atoms with E-state index in [1.54, 1.807) is 6.08 Å². The lowest BCUT2D eigenvalue weighted by atomic mass is 9.68. The van der Waals surface area contributed by atoms with Crippen LogP contribution in [0.2, 0.25) is 0 Å². The number of carbonyl (C=O) groups is 1. The molecule has 0 saturated heterocycles. The predicted octanol–water partition coefficient (Wildman–Crippen LogP) is 3.03. The van der Waals surface area contributed by atoms with Crippen molar-refractivity contribution in [1.29, 1.82) is 0 Å². The summed E-state index contributed by atoms with van der Waals surface area (Å²) in [6, 6.07) is 0. The van der Waals surface area contributed by atoms with Crippen molar-refractivity contribution in [2.45, 2.75) is 26.2 Å². The van der Waals surface area contributed by atoms with Gasteiger partial charge in [0.1, 0.15) is 6.29 Å². The summed E-state index contributed by atoms with van der Waals surface area (Å²) in [6.07, 6.45) is 8.60. The molecule has 0 spiro atoms. The molecular weight excluding hydrogens is 196 g/mol. The standard InChI is InChI=1S/C12H17ClO/c1-12(5-2-6-14)10-4-3-9(7-10)11(12)8-13/h2,5-6,9-11H,3-4,7-8H2,1H3/b5-2+/t9-,10+,11-,12-/m1/s1.